The fourth-order valence-electron chi connectivity index (χ4n) is 2.37. The summed E-state index contributed by atoms with van der Waals surface area (Å²) < 4.78 is 10.4. The van der Waals surface area contributed by atoms with Gasteiger partial charge < -0.3 is 14.5 Å². The highest BCUT2D eigenvalue weighted by Crippen LogP contribution is 2.28. The molecule has 0 unspecified atom stereocenters. The van der Waals surface area contributed by atoms with Crippen LogP contribution < -0.4 is 15.7 Å². The normalized spacial score (nSPS) is 10.6. The number of halogens is 1. The van der Waals surface area contributed by atoms with Crippen molar-refractivity contribution in [2.24, 2.45) is 0 Å². The van der Waals surface area contributed by atoms with Crippen LogP contribution in [0.2, 0.25) is 5.02 Å². The van der Waals surface area contributed by atoms with Crippen LogP contribution in [0.25, 0.3) is 11.0 Å². The molecule has 0 radical (unpaired) electrons. The summed E-state index contributed by atoms with van der Waals surface area (Å²) >= 11 is 5.94. The third-order valence-corrected chi connectivity index (χ3v) is 3.78. The summed E-state index contributed by atoms with van der Waals surface area (Å²) in [5.41, 5.74) is 1.01. The lowest BCUT2D eigenvalue weighted by atomic mass is 10.1. The molecule has 0 spiro atoms. The lowest BCUT2D eigenvalue weighted by Crippen LogP contribution is -2.21. The predicted molar refractivity (Wildman–Crippen MR) is 93.2 cm³/mol. The molecule has 0 bridgehead atoms. The molecule has 6 heteroatoms. The van der Waals surface area contributed by atoms with Gasteiger partial charge in [0.25, 0.3) is 5.91 Å². The first-order valence-electron chi connectivity index (χ1n) is 7.17. The van der Waals surface area contributed by atoms with Crippen LogP contribution in [0.4, 0.5) is 5.69 Å². The number of carbonyl (C=O) groups excluding carboxylic acids is 1. The molecule has 1 amide bonds. The Balaban J connectivity index is 2.01. The number of aryl methyl sites for hydroxylation is 1. The van der Waals surface area contributed by atoms with Gasteiger partial charge in [0.15, 0.2) is 0 Å². The molecule has 0 atom stereocenters. The third-order valence-electron chi connectivity index (χ3n) is 3.54. The summed E-state index contributed by atoms with van der Waals surface area (Å²) in [5.74, 6) is -0.151. The van der Waals surface area contributed by atoms with Gasteiger partial charge >= 0.3 is 5.63 Å². The maximum absolute atomic E-state index is 12.5. The monoisotopic (exact) mass is 343 g/mol. The van der Waals surface area contributed by atoms with Crippen molar-refractivity contribution in [2.45, 2.75) is 6.92 Å². The van der Waals surface area contributed by atoms with Crippen LogP contribution in [0.15, 0.2) is 51.7 Å². The number of benzene rings is 2. The van der Waals surface area contributed by atoms with Crippen LogP contribution in [-0.4, -0.2) is 13.0 Å². The summed E-state index contributed by atoms with van der Waals surface area (Å²) in [6, 6.07) is 11.7. The molecule has 122 valence electrons. The second kappa shape index (κ2) is 6.37. The van der Waals surface area contributed by atoms with Crippen LogP contribution in [-0.2, 0) is 0 Å². The van der Waals surface area contributed by atoms with Crippen molar-refractivity contribution in [3.8, 4) is 5.75 Å². The lowest BCUT2D eigenvalue weighted by molar-refractivity contribution is 0.102. The van der Waals surface area contributed by atoms with E-state index in [4.69, 9.17) is 20.8 Å². The Kier molecular flexibility index (Phi) is 4.27. The van der Waals surface area contributed by atoms with E-state index in [1.165, 1.54) is 13.2 Å². The molecule has 2 aromatic carbocycles. The van der Waals surface area contributed by atoms with E-state index >= 15 is 0 Å². The molecule has 0 fully saturated rings. The first-order valence-corrected chi connectivity index (χ1v) is 7.55. The molecule has 1 aromatic heterocycles. The van der Waals surface area contributed by atoms with Crippen molar-refractivity contribution in [3.05, 3.63) is 69.0 Å². The van der Waals surface area contributed by atoms with Gasteiger partial charge in [-0.05, 0) is 43.3 Å². The second-order valence-corrected chi connectivity index (χ2v) is 5.72. The van der Waals surface area contributed by atoms with E-state index in [0.717, 1.165) is 5.56 Å². The van der Waals surface area contributed by atoms with Crippen LogP contribution in [0.5, 0.6) is 5.75 Å². The first kappa shape index (κ1) is 16.1. The van der Waals surface area contributed by atoms with Gasteiger partial charge in [-0.25, -0.2) is 4.79 Å². The van der Waals surface area contributed by atoms with Gasteiger partial charge in [-0.15, -0.1) is 0 Å². The minimum atomic E-state index is -0.704. The largest absolute Gasteiger partial charge is 0.495 e. The van der Waals surface area contributed by atoms with Crippen LogP contribution in [0.1, 0.15) is 15.9 Å². The number of hydrogen-bond acceptors (Lipinski definition) is 4. The molecule has 1 heterocycles. The van der Waals surface area contributed by atoms with Crippen molar-refractivity contribution in [1.29, 1.82) is 0 Å². The summed E-state index contributed by atoms with van der Waals surface area (Å²) in [4.78, 5) is 24.6. The Bertz CT molecular complexity index is 994. The van der Waals surface area contributed by atoms with E-state index in [0.29, 0.717) is 27.4 Å². The Labute approximate surface area is 142 Å². The number of nitrogens with one attached hydrogen (secondary N) is 1. The average Bonchev–Trinajstić information content (AvgIpc) is 2.54. The number of rotatable bonds is 3. The van der Waals surface area contributed by atoms with E-state index < -0.39 is 11.5 Å². The maximum atomic E-state index is 12.5. The quantitative estimate of drug-likeness (QED) is 0.729. The minimum Gasteiger partial charge on any atom is -0.495 e. The van der Waals surface area contributed by atoms with E-state index in [9.17, 15) is 9.59 Å². The Hall–Kier alpha value is -2.79. The molecule has 3 rings (SSSR count). The van der Waals surface area contributed by atoms with E-state index in [-0.39, 0.29) is 5.56 Å². The first-order chi connectivity index (χ1) is 11.5. The molecule has 1 N–H and O–H groups in total. The summed E-state index contributed by atoms with van der Waals surface area (Å²) in [5, 5.41) is 3.75. The summed E-state index contributed by atoms with van der Waals surface area (Å²) in [6.45, 7) is 1.92. The van der Waals surface area contributed by atoms with Crippen LogP contribution in [0, 0.1) is 6.92 Å². The zero-order valence-corrected chi connectivity index (χ0v) is 13.8. The van der Waals surface area contributed by atoms with Crippen molar-refractivity contribution >= 4 is 34.2 Å². The number of anilines is 1. The Morgan fingerprint density at radius 1 is 1.17 bits per heavy atom. The second-order valence-electron chi connectivity index (χ2n) is 5.29. The van der Waals surface area contributed by atoms with E-state index in [1.54, 1.807) is 24.3 Å². The van der Waals surface area contributed by atoms with Gasteiger partial charge in [-0.2, -0.15) is 0 Å². The van der Waals surface area contributed by atoms with Gasteiger partial charge in [0.2, 0.25) is 0 Å². The zero-order chi connectivity index (χ0) is 17.3. The summed E-state index contributed by atoms with van der Waals surface area (Å²) in [6.07, 6.45) is 0. The predicted octanol–water partition coefficient (Wildman–Crippen LogP) is 4.02. The van der Waals surface area contributed by atoms with Crippen molar-refractivity contribution in [2.75, 3.05) is 12.4 Å². The van der Waals surface area contributed by atoms with E-state index in [2.05, 4.69) is 5.32 Å². The maximum Gasteiger partial charge on any atom is 0.349 e. The highest BCUT2D eigenvalue weighted by molar-refractivity contribution is 6.31. The van der Waals surface area contributed by atoms with Gasteiger partial charge in [0.1, 0.15) is 16.9 Å². The number of amides is 1. The fraction of sp³-hybridized carbons (Fsp3) is 0.111. The number of fused-ring (bicyclic) bond motifs is 1. The topological polar surface area (TPSA) is 68.5 Å². The molecule has 0 aliphatic heterocycles. The zero-order valence-electron chi connectivity index (χ0n) is 13.1. The summed E-state index contributed by atoms with van der Waals surface area (Å²) in [7, 11) is 1.48. The molecule has 5 nitrogen and oxygen atoms in total. The molecule has 24 heavy (non-hydrogen) atoms. The number of methoxy groups -OCH3 is 1. The molecule has 0 saturated heterocycles. The van der Waals surface area contributed by atoms with Crippen molar-refractivity contribution < 1.29 is 13.9 Å². The molecular weight excluding hydrogens is 330 g/mol. The Morgan fingerprint density at radius 3 is 2.71 bits per heavy atom. The number of hydrogen-bond donors (Lipinski definition) is 1. The van der Waals surface area contributed by atoms with Crippen molar-refractivity contribution in [1.82, 2.24) is 0 Å². The van der Waals surface area contributed by atoms with Crippen LogP contribution >= 0.6 is 11.6 Å². The highest BCUT2D eigenvalue weighted by atomic mass is 35.5. The van der Waals surface area contributed by atoms with Crippen molar-refractivity contribution in [3.63, 3.8) is 0 Å². The standard InChI is InChI=1S/C18H14ClNO4/c1-10-3-5-15-11(7-10)8-13(18(22)24-15)17(21)20-14-9-12(19)4-6-16(14)23-2/h3-9H,1-2H3,(H,20,21). The molecule has 0 saturated carbocycles. The fourth-order valence-corrected chi connectivity index (χ4v) is 2.54. The lowest BCUT2D eigenvalue weighted by Gasteiger charge is -2.10. The molecule has 0 aliphatic carbocycles. The molecule has 3 aromatic rings. The number of ether oxygens (including phenoxy) is 1. The Morgan fingerprint density at radius 2 is 1.96 bits per heavy atom. The smallest absolute Gasteiger partial charge is 0.349 e. The minimum absolute atomic E-state index is 0.0878. The van der Waals surface area contributed by atoms with Gasteiger partial charge in [-0.1, -0.05) is 23.2 Å². The highest BCUT2D eigenvalue weighted by Gasteiger charge is 2.16. The average molecular weight is 344 g/mol. The van der Waals surface area contributed by atoms with E-state index in [1.807, 2.05) is 19.1 Å². The van der Waals surface area contributed by atoms with Crippen LogP contribution in [0.3, 0.4) is 0 Å². The van der Waals surface area contributed by atoms with Gasteiger partial charge in [0, 0.05) is 10.4 Å². The SMILES string of the molecule is COc1ccc(Cl)cc1NC(=O)c1cc2cc(C)ccc2oc1=O. The number of carbonyl (C=O) groups is 1. The van der Waals surface area contributed by atoms with Gasteiger partial charge in [-0.3, -0.25) is 4.79 Å². The molecule has 0 aliphatic rings. The molecular formula is C18H14ClNO4. The third kappa shape index (κ3) is 3.12. The van der Waals surface area contributed by atoms with Gasteiger partial charge in [0.05, 0.1) is 12.8 Å².